The van der Waals surface area contributed by atoms with Crippen molar-refractivity contribution in [1.82, 2.24) is 9.38 Å². The number of fused-ring (bicyclic) bond motifs is 1. The molecule has 0 aliphatic rings. The van der Waals surface area contributed by atoms with Gasteiger partial charge in [0.1, 0.15) is 23.8 Å². The lowest BCUT2D eigenvalue weighted by Gasteiger charge is -2.13. The first kappa shape index (κ1) is 22.1. The normalized spacial score (nSPS) is 10.8. The van der Waals surface area contributed by atoms with Gasteiger partial charge in [-0.3, -0.25) is 14.0 Å². The summed E-state index contributed by atoms with van der Waals surface area (Å²) in [5, 5.41) is 2.82. The molecule has 0 radical (unpaired) electrons. The molecule has 0 unspecified atom stereocenters. The fourth-order valence-corrected chi connectivity index (χ4v) is 3.42. The molecule has 4 aromatic rings. The van der Waals surface area contributed by atoms with Gasteiger partial charge in [-0.1, -0.05) is 24.3 Å². The number of benzene rings is 2. The second kappa shape index (κ2) is 9.56. The van der Waals surface area contributed by atoms with Crippen LogP contribution < -0.4 is 20.3 Å². The van der Waals surface area contributed by atoms with Gasteiger partial charge in [0, 0.05) is 24.0 Å². The highest BCUT2D eigenvalue weighted by Gasteiger charge is 2.09. The minimum absolute atomic E-state index is 0.0994. The van der Waals surface area contributed by atoms with Gasteiger partial charge in [0.15, 0.2) is 6.61 Å². The maximum absolute atomic E-state index is 12.4. The van der Waals surface area contributed by atoms with Crippen molar-refractivity contribution in [3.05, 3.63) is 99.6 Å². The van der Waals surface area contributed by atoms with Crippen LogP contribution in [0.1, 0.15) is 22.4 Å². The van der Waals surface area contributed by atoms with E-state index in [1.165, 1.54) is 10.5 Å². The highest BCUT2D eigenvalue weighted by atomic mass is 16.5. The molecule has 0 bridgehead atoms. The molecule has 0 aliphatic carbocycles. The van der Waals surface area contributed by atoms with Crippen molar-refractivity contribution in [1.29, 1.82) is 0 Å². The summed E-state index contributed by atoms with van der Waals surface area (Å²) >= 11 is 0. The first-order chi connectivity index (χ1) is 15.9. The first-order valence-corrected chi connectivity index (χ1v) is 10.6. The quantitative estimate of drug-likeness (QED) is 0.463. The molecule has 0 saturated heterocycles. The number of nitrogens with zero attached hydrogens (tertiary/aromatic N) is 2. The van der Waals surface area contributed by atoms with Crippen molar-refractivity contribution in [3.8, 4) is 11.5 Å². The molecular weight excluding hydrogens is 418 g/mol. The average Bonchev–Trinajstić information content (AvgIpc) is 2.79. The van der Waals surface area contributed by atoms with Crippen LogP contribution in [0.2, 0.25) is 0 Å². The molecule has 2 heterocycles. The van der Waals surface area contributed by atoms with Gasteiger partial charge in [0.05, 0.1) is 5.69 Å². The Labute approximate surface area is 191 Å². The molecule has 33 heavy (non-hydrogen) atoms. The van der Waals surface area contributed by atoms with Crippen molar-refractivity contribution >= 4 is 17.2 Å². The minimum atomic E-state index is -0.272. The van der Waals surface area contributed by atoms with Gasteiger partial charge < -0.3 is 14.8 Å². The Morgan fingerprint density at radius 3 is 2.64 bits per heavy atom. The number of aryl methyl sites for hydroxylation is 3. The maximum Gasteiger partial charge on any atom is 0.262 e. The number of carbonyl (C=O) groups excluding carboxylic acids is 1. The summed E-state index contributed by atoms with van der Waals surface area (Å²) in [7, 11) is 0. The lowest BCUT2D eigenvalue weighted by atomic mass is 10.2. The average molecular weight is 444 g/mol. The third kappa shape index (κ3) is 5.38. The molecule has 0 spiro atoms. The van der Waals surface area contributed by atoms with E-state index in [1.807, 2.05) is 63.2 Å². The smallest absolute Gasteiger partial charge is 0.262 e. The fraction of sp³-hybridized carbons (Fsp3) is 0.192. The van der Waals surface area contributed by atoms with Gasteiger partial charge in [-0.15, -0.1) is 0 Å². The topological polar surface area (TPSA) is 81.9 Å². The van der Waals surface area contributed by atoms with E-state index in [4.69, 9.17) is 9.47 Å². The molecule has 1 amide bonds. The van der Waals surface area contributed by atoms with Gasteiger partial charge >= 0.3 is 0 Å². The summed E-state index contributed by atoms with van der Waals surface area (Å²) in [6, 6.07) is 18.1. The van der Waals surface area contributed by atoms with E-state index in [9.17, 15) is 9.59 Å². The third-order valence-electron chi connectivity index (χ3n) is 5.15. The molecule has 0 atom stereocenters. The molecule has 168 valence electrons. The van der Waals surface area contributed by atoms with E-state index in [0.717, 1.165) is 16.7 Å². The number of aromatic nitrogens is 2. The van der Waals surface area contributed by atoms with Crippen molar-refractivity contribution in [2.75, 3.05) is 11.9 Å². The van der Waals surface area contributed by atoms with Crippen LogP contribution in [0.5, 0.6) is 11.5 Å². The Morgan fingerprint density at radius 1 is 0.970 bits per heavy atom. The van der Waals surface area contributed by atoms with Crippen LogP contribution in [-0.2, 0) is 11.4 Å². The minimum Gasteiger partial charge on any atom is -0.487 e. The fourth-order valence-electron chi connectivity index (χ4n) is 3.42. The van der Waals surface area contributed by atoms with Gasteiger partial charge in [-0.05, 0) is 61.7 Å². The van der Waals surface area contributed by atoms with Crippen LogP contribution in [0, 0.1) is 20.8 Å². The van der Waals surface area contributed by atoms with E-state index in [-0.39, 0.29) is 24.7 Å². The Balaban J connectivity index is 1.42. The highest BCUT2D eigenvalue weighted by molar-refractivity contribution is 5.92. The second-order valence-corrected chi connectivity index (χ2v) is 7.89. The van der Waals surface area contributed by atoms with Gasteiger partial charge in [0.25, 0.3) is 11.5 Å². The van der Waals surface area contributed by atoms with Gasteiger partial charge in [0.2, 0.25) is 0 Å². The van der Waals surface area contributed by atoms with Crippen molar-refractivity contribution in [2.24, 2.45) is 0 Å². The molecule has 1 N–H and O–H groups in total. The number of carbonyl (C=O) groups is 1. The predicted molar refractivity (Wildman–Crippen MR) is 127 cm³/mol. The number of anilines is 1. The van der Waals surface area contributed by atoms with Gasteiger partial charge in [-0.25, -0.2) is 4.98 Å². The molecule has 7 heteroatoms. The number of hydrogen-bond donors (Lipinski definition) is 1. The molecule has 2 aromatic heterocycles. The van der Waals surface area contributed by atoms with Crippen molar-refractivity contribution in [3.63, 3.8) is 0 Å². The van der Waals surface area contributed by atoms with Crippen molar-refractivity contribution in [2.45, 2.75) is 27.4 Å². The Morgan fingerprint density at radius 2 is 1.82 bits per heavy atom. The summed E-state index contributed by atoms with van der Waals surface area (Å²) < 4.78 is 13.0. The van der Waals surface area contributed by atoms with E-state index < -0.39 is 0 Å². The Hall–Kier alpha value is -4.13. The molecule has 7 nitrogen and oxygen atoms in total. The van der Waals surface area contributed by atoms with Crippen LogP contribution in [0.3, 0.4) is 0 Å². The number of rotatable bonds is 7. The molecule has 0 fully saturated rings. The Bertz CT molecular complexity index is 1380. The van der Waals surface area contributed by atoms with E-state index in [2.05, 4.69) is 10.3 Å². The maximum atomic E-state index is 12.4. The van der Waals surface area contributed by atoms with Crippen LogP contribution in [-0.4, -0.2) is 21.9 Å². The summed E-state index contributed by atoms with van der Waals surface area (Å²) in [4.78, 5) is 29.3. The van der Waals surface area contributed by atoms with E-state index in [1.54, 1.807) is 18.3 Å². The van der Waals surface area contributed by atoms with Crippen LogP contribution in [0.25, 0.3) is 5.65 Å². The lowest BCUT2D eigenvalue weighted by molar-refractivity contribution is -0.118. The number of ether oxygens (including phenoxy) is 2. The van der Waals surface area contributed by atoms with E-state index >= 15 is 0 Å². The highest BCUT2D eigenvalue weighted by Crippen LogP contribution is 2.24. The standard InChI is InChI=1S/C26H25N3O4/c1-17-6-4-8-22(12-17)32-16-24(30)27-20-10-9-18(2)23(13-20)33-15-21-14-25(31)29-11-5-7-19(3)26(29)28-21/h4-14H,15-16H2,1-3H3,(H,27,30). The summed E-state index contributed by atoms with van der Waals surface area (Å²) in [6.07, 6.45) is 1.70. The largest absolute Gasteiger partial charge is 0.487 e. The molecular formula is C26H25N3O4. The first-order valence-electron chi connectivity index (χ1n) is 10.6. The van der Waals surface area contributed by atoms with Crippen LogP contribution >= 0.6 is 0 Å². The van der Waals surface area contributed by atoms with Crippen molar-refractivity contribution < 1.29 is 14.3 Å². The molecule has 0 aliphatic heterocycles. The Kier molecular flexibility index (Phi) is 6.40. The zero-order chi connectivity index (χ0) is 23.4. The summed E-state index contributed by atoms with van der Waals surface area (Å²) in [6.45, 7) is 5.82. The predicted octanol–water partition coefficient (Wildman–Crippen LogP) is 4.22. The third-order valence-corrected chi connectivity index (χ3v) is 5.15. The zero-order valence-corrected chi connectivity index (χ0v) is 18.8. The number of pyridine rings is 1. The molecule has 0 saturated carbocycles. The summed E-state index contributed by atoms with van der Waals surface area (Å²) in [5.74, 6) is 0.970. The van der Waals surface area contributed by atoms with Crippen LogP contribution in [0.15, 0.2) is 71.7 Å². The number of nitrogens with one attached hydrogen (secondary N) is 1. The number of amides is 1. The zero-order valence-electron chi connectivity index (χ0n) is 18.8. The molecule has 4 rings (SSSR count). The second-order valence-electron chi connectivity index (χ2n) is 7.89. The molecule has 2 aromatic carbocycles. The lowest BCUT2D eigenvalue weighted by Crippen LogP contribution is -2.20. The monoisotopic (exact) mass is 443 g/mol. The SMILES string of the molecule is Cc1cccc(OCC(=O)Nc2ccc(C)c(OCc3cc(=O)n4cccc(C)c4n3)c2)c1. The summed E-state index contributed by atoms with van der Waals surface area (Å²) in [5.41, 5.74) is 4.45. The van der Waals surface area contributed by atoms with Gasteiger partial charge in [-0.2, -0.15) is 0 Å². The van der Waals surface area contributed by atoms with Crippen LogP contribution in [0.4, 0.5) is 5.69 Å². The van der Waals surface area contributed by atoms with E-state index in [0.29, 0.717) is 28.5 Å². The number of hydrogen-bond acceptors (Lipinski definition) is 5.